The van der Waals surface area contributed by atoms with Gasteiger partial charge in [0.2, 0.25) is 0 Å². The zero-order chi connectivity index (χ0) is 14.5. The van der Waals surface area contributed by atoms with E-state index in [1.807, 2.05) is 7.05 Å². The zero-order valence-electron chi connectivity index (χ0n) is 12.4. The highest BCUT2D eigenvalue weighted by Gasteiger charge is 2.26. The molecule has 21 heavy (non-hydrogen) atoms. The number of ether oxygens (including phenoxy) is 1. The quantitative estimate of drug-likeness (QED) is 0.928. The van der Waals surface area contributed by atoms with Crippen LogP contribution in [-0.4, -0.2) is 43.6 Å². The third kappa shape index (κ3) is 4.08. The summed E-state index contributed by atoms with van der Waals surface area (Å²) >= 11 is 0. The Balaban J connectivity index is 0.00000220. The maximum atomic E-state index is 13.8. The number of carbonyl (C=O) groups excluding carboxylic acids is 1. The Morgan fingerprint density at radius 1 is 1.52 bits per heavy atom. The van der Waals surface area contributed by atoms with Crippen LogP contribution in [0.5, 0.6) is 5.75 Å². The van der Waals surface area contributed by atoms with Crippen LogP contribution < -0.4 is 10.1 Å². The van der Waals surface area contributed by atoms with Crippen molar-refractivity contribution in [1.29, 1.82) is 0 Å². The average molecular weight is 317 g/mol. The summed E-state index contributed by atoms with van der Waals surface area (Å²) in [5, 5.41) is 3.19. The fourth-order valence-electron chi connectivity index (χ4n) is 2.54. The molecule has 1 N–H and O–H groups in total. The highest BCUT2D eigenvalue weighted by molar-refractivity contribution is 5.97. The number of benzene rings is 1. The van der Waals surface area contributed by atoms with Crippen molar-refractivity contribution in [3.63, 3.8) is 0 Å². The van der Waals surface area contributed by atoms with Crippen LogP contribution in [-0.2, 0) is 0 Å². The normalized spacial score (nSPS) is 18.0. The summed E-state index contributed by atoms with van der Waals surface area (Å²) in [6.45, 7) is 3.47. The molecule has 1 aliphatic heterocycles. The van der Waals surface area contributed by atoms with Crippen molar-refractivity contribution in [3.05, 3.63) is 29.6 Å². The van der Waals surface area contributed by atoms with Gasteiger partial charge in [0.1, 0.15) is 0 Å². The predicted molar refractivity (Wildman–Crippen MR) is 82.8 cm³/mol. The third-order valence-electron chi connectivity index (χ3n) is 3.60. The Morgan fingerprint density at radius 2 is 2.29 bits per heavy atom. The zero-order valence-corrected chi connectivity index (χ0v) is 13.2. The fraction of sp³-hybridized carbons (Fsp3) is 0.533. The van der Waals surface area contributed by atoms with Gasteiger partial charge in [-0.2, -0.15) is 0 Å². The van der Waals surface area contributed by atoms with E-state index in [4.69, 9.17) is 4.74 Å². The second-order valence-corrected chi connectivity index (χ2v) is 4.93. The summed E-state index contributed by atoms with van der Waals surface area (Å²) in [7, 11) is 1.90. The van der Waals surface area contributed by atoms with Gasteiger partial charge in [-0.05, 0) is 38.9 Å². The third-order valence-corrected chi connectivity index (χ3v) is 3.60. The maximum Gasteiger partial charge on any atom is 0.257 e. The molecule has 0 aromatic heterocycles. The molecule has 1 saturated heterocycles. The Labute approximate surface area is 131 Å². The second kappa shape index (κ2) is 8.20. The summed E-state index contributed by atoms with van der Waals surface area (Å²) < 4.78 is 19.1. The first kappa shape index (κ1) is 17.7. The van der Waals surface area contributed by atoms with Gasteiger partial charge in [0.05, 0.1) is 12.2 Å². The van der Waals surface area contributed by atoms with Crippen LogP contribution >= 0.6 is 12.4 Å². The number of hydrogen-bond acceptors (Lipinski definition) is 3. The van der Waals surface area contributed by atoms with Crippen LogP contribution in [0.4, 0.5) is 4.39 Å². The molecule has 1 aliphatic rings. The molecule has 118 valence electrons. The molecule has 1 amide bonds. The first-order valence-electron chi connectivity index (χ1n) is 7.05. The Bertz CT molecular complexity index is 485. The van der Waals surface area contributed by atoms with Crippen molar-refractivity contribution in [1.82, 2.24) is 10.2 Å². The van der Waals surface area contributed by atoms with Crippen molar-refractivity contribution in [2.45, 2.75) is 25.8 Å². The van der Waals surface area contributed by atoms with E-state index < -0.39 is 5.82 Å². The van der Waals surface area contributed by atoms with Crippen LogP contribution in [0.1, 0.15) is 30.1 Å². The standard InChI is InChI=1S/C15H21FN2O2.ClH/c1-3-20-14-12(7-4-8-13(14)16)15(19)18-9-5-6-11(10-18)17-2;/h4,7-8,11,17H,3,5-6,9-10H2,1-2H3;1H. The molecule has 0 bridgehead atoms. The van der Waals surface area contributed by atoms with E-state index in [1.54, 1.807) is 24.0 Å². The lowest BCUT2D eigenvalue weighted by Gasteiger charge is -2.33. The number of nitrogens with one attached hydrogen (secondary N) is 1. The van der Waals surface area contributed by atoms with Gasteiger partial charge in [-0.25, -0.2) is 4.39 Å². The molecule has 0 aliphatic carbocycles. The van der Waals surface area contributed by atoms with Crippen LogP contribution in [0.3, 0.4) is 0 Å². The summed E-state index contributed by atoms with van der Waals surface area (Å²) in [4.78, 5) is 14.3. The molecule has 1 fully saturated rings. The van der Waals surface area contributed by atoms with Crippen molar-refractivity contribution >= 4 is 18.3 Å². The molecule has 4 nitrogen and oxygen atoms in total. The van der Waals surface area contributed by atoms with Gasteiger partial charge in [-0.15, -0.1) is 12.4 Å². The number of likely N-dealkylation sites (N-methyl/N-ethyl adjacent to an activating group) is 1. The van der Waals surface area contributed by atoms with Gasteiger partial charge in [-0.1, -0.05) is 6.07 Å². The number of para-hydroxylation sites is 1. The minimum Gasteiger partial charge on any atom is -0.490 e. The van der Waals surface area contributed by atoms with E-state index >= 15 is 0 Å². The Morgan fingerprint density at radius 3 is 2.95 bits per heavy atom. The summed E-state index contributed by atoms with van der Waals surface area (Å²) in [6, 6.07) is 4.79. The van der Waals surface area contributed by atoms with Crippen molar-refractivity contribution in [3.8, 4) is 5.75 Å². The van der Waals surface area contributed by atoms with Gasteiger partial charge in [0.25, 0.3) is 5.91 Å². The Hall–Kier alpha value is -1.33. The minimum absolute atomic E-state index is 0. The lowest BCUT2D eigenvalue weighted by atomic mass is 10.0. The van der Waals surface area contributed by atoms with E-state index in [0.29, 0.717) is 31.3 Å². The van der Waals surface area contributed by atoms with Crippen LogP contribution in [0.25, 0.3) is 0 Å². The number of rotatable bonds is 4. The maximum absolute atomic E-state index is 13.8. The van der Waals surface area contributed by atoms with Crippen LogP contribution in [0, 0.1) is 5.82 Å². The largest absolute Gasteiger partial charge is 0.490 e. The van der Waals surface area contributed by atoms with Crippen LogP contribution in [0.15, 0.2) is 18.2 Å². The molecular formula is C15H22ClFN2O2. The summed E-state index contributed by atoms with van der Waals surface area (Å²) in [5.74, 6) is -0.584. The number of likely N-dealkylation sites (tertiary alicyclic amines) is 1. The SMILES string of the molecule is CCOc1c(F)cccc1C(=O)N1CCCC(NC)C1.Cl. The fourth-order valence-corrected chi connectivity index (χ4v) is 2.54. The van der Waals surface area contributed by atoms with E-state index in [9.17, 15) is 9.18 Å². The number of amides is 1. The predicted octanol–water partition coefficient (Wildman–Crippen LogP) is 2.47. The van der Waals surface area contributed by atoms with Gasteiger partial charge in [-0.3, -0.25) is 4.79 Å². The Kier molecular flexibility index (Phi) is 6.92. The van der Waals surface area contributed by atoms with Gasteiger partial charge in [0.15, 0.2) is 11.6 Å². The summed E-state index contributed by atoms with van der Waals surface area (Å²) in [5.41, 5.74) is 0.309. The van der Waals surface area contributed by atoms with Gasteiger partial charge in [0, 0.05) is 19.1 Å². The number of piperidine rings is 1. The average Bonchev–Trinajstić information content (AvgIpc) is 2.49. The van der Waals surface area contributed by atoms with Crippen molar-refractivity contribution < 1.29 is 13.9 Å². The molecule has 0 radical (unpaired) electrons. The van der Waals surface area contributed by atoms with E-state index in [-0.39, 0.29) is 24.1 Å². The molecule has 1 atom stereocenters. The van der Waals surface area contributed by atoms with Gasteiger partial charge >= 0.3 is 0 Å². The van der Waals surface area contributed by atoms with Gasteiger partial charge < -0.3 is 15.0 Å². The van der Waals surface area contributed by atoms with Crippen molar-refractivity contribution in [2.24, 2.45) is 0 Å². The molecule has 0 spiro atoms. The number of nitrogens with zero attached hydrogens (tertiary/aromatic N) is 1. The molecule has 1 heterocycles. The molecule has 1 unspecified atom stereocenters. The lowest BCUT2D eigenvalue weighted by molar-refractivity contribution is 0.0693. The first-order valence-corrected chi connectivity index (χ1v) is 7.05. The molecule has 1 aromatic carbocycles. The monoisotopic (exact) mass is 316 g/mol. The molecule has 0 saturated carbocycles. The molecule has 6 heteroatoms. The van der Waals surface area contributed by atoms with E-state index in [0.717, 1.165) is 12.8 Å². The number of carbonyl (C=O) groups is 1. The second-order valence-electron chi connectivity index (χ2n) is 4.93. The minimum atomic E-state index is -0.486. The number of hydrogen-bond donors (Lipinski definition) is 1. The number of halogens is 2. The van der Waals surface area contributed by atoms with E-state index in [2.05, 4.69) is 5.32 Å². The summed E-state index contributed by atoms with van der Waals surface area (Å²) in [6.07, 6.45) is 2.01. The highest BCUT2D eigenvalue weighted by Crippen LogP contribution is 2.25. The lowest BCUT2D eigenvalue weighted by Crippen LogP contribution is -2.47. The van der Waals surface area contributed by atoms with Crippen molar-refractivity contribution in [2.75, 3.05) is 26.7 Å². The smallest absolute Gasteiger partial charge is 0.257 e. The topological polar surface area (TPSA) is 41.6 Å². The molecular weight excluding hydrogens is 295 g/mol. The first-order chi connectivity index (χ1) is 9.67. The highest BCUT2D eigenvalue weighted by atomic mass is 35.5. The molecule has 2 rings (SSSR count). The van der Waals surface area contributed by atoms with Crippen LogP contribution in [0.2, 0.25) is 0 Å². The van der Waals surface area contributed by atoms with E-state index in [1.165, 1.54) is 6.07 Å². The molecule has 1 aromatic rings.